The number of aromatic nitrogens is 3. The lowest BCUT2D eigenvalue weighted by Crippen LogP contribution is -2.50. The van der Waals surface area contributed by atoms with E-state index in [0.29, 0.717) is 5.82 Å². The first-order valence-corrected chi connectivity index (χ1v) is 12.5. The van der Waals surface area contributed by atoms with E-state index in [2.05, 4.69) is 10.1 Å². The van der Waals surface area contributed by atoms with Crippen molar-refractivity contribution < 1.29 is 13.2 Å². The smallest absolute Gasteiger partial charge is 0.274 e. The number of hydrogen-bond donors (Lipinski definition) is 0. The van der Waals surface area contributed by atoms with Gasteiger partial charge in [-0.05, 0) is 69.2 Å². The van der Waals surface area contributed by atoms with Crippen molar-refractivity contribution >= 4 is 27.5 Å². The minimum Gasteiger partial charge on any atom is -0.335 e. The number of carbonyl (C=O) groups excluding carboxylic acids is 1. The van der Waals surface area contributed by atoms with Crippen molar-refractivity contribution in [3.63, 3.8) is 0 Å². The summed E-state index contributed by atoms with van der Waals surface area (Å²) in [6.45, 7) is 8.55. The number of piperazine rings is 1. The molecule has 1 aliphatic heterocycles. The zero-order chi connectivity index (χ0) is 23.9. The van der Waals surface area contributed by atoms with E-state index in [4.69, 9.17) is 11.6 Å². The highest BCUT2D eigenvalue weighted by molar-refractivity contribution is 7.89. The Balaban J connectivity index is 1.51. The second-order valence-corrected chi connectivity index (χ2v) is 10.6. The summed E-state index contributed by atoms with van der Waals surface area (Å²) in [5.74, 6) is 0.177. The fourth-order valence-corrected chi connectivity index (χ4v) is 5.56. The first kappa shape index (κ1) is 23.4. The molecule has 0 radical (unpaired) electrons. The summed E-state index contributed by atoms with van der Waals surface area (Å²) in [5, 5.41) is 4.66. The summed E-state index contributed by atoms with van der Waals surface area (Å²) in [6.07, 6.45) is 0. The van der Waals surface area contributed by atoms with Crippen LogP contribution in [0.5, 0.6) is 0 Å². The lowest BCUT2D eigenvalue weighted by Gasteiger charge is -2.34. The molecule has 8 nitrogen and oxygen atoms in total. The lowest BCUT2D eigenvalue weighted by atomic mass is 10.1. The van der Waals surface area contributed by atoms with Crippen LogP contribution in [0.2, 0.25) is 5.02 Å². The standard InChI is InChI=1S/C23H26ClN5O3S/c1-15-5-6-19(13-16(15)2)33(31,32)28-11-9-27(10-12-28)23(30)22-20(24)7-8-21(25-22)29-18(4)14-17(3)26-29/h5-8,13-14H,9-12H2,1-4H3. The minimum absolute atomic E-state index is 0.132. The normalized spacial score (nSPS) is 15.1. The van der Waals surface area contributed by atoms with Crippen molar-refractivity contribution in [2.45, 2.75) is 32.6 Å². The van der Waals surface area contributed by atoms with Gasteiger partial charge in [-0.3, -0.25) is 4.79 Å². The van der Waals surface area contributed by atoms with Crippen LogP contribution in [0.25, 0.3) is 5.82 Å². The number of carbonyl (C=O) groups is 1. The Kier molecular flexibility index (Phi) is 6.30. The van der Waals surface area contributed by atoms with Gasteiger partial charge in [0.05, 0.1) is 15.6 Å². The van der Waals surface area contributed by atoms with E-state index in [1.54, 1.807) is 33.8 Å². The molecule has 10 heteroatoms. The maximum absolute atomic E-state index is 13.2. The maximum Gasteiger partial charge on any atom is 0.274 e. The van der Waals surface area contributed by atoms with Crippen molar-refractivity contribution in [2.75, 3.05) is 26.2 Å². The molecular formula is C23H26ClN5O3S. The third-order valence-electron chi connectivity index (χ3n) is 5.90. The number of hydrogen-bond acceptors (Lipinski definition) is 5. The Morgan fingerprint density at radius 3 is 2.24 bits per heavy atom. The first-order valence-electron chi connectivity index (χ1n) is 10.6. The number of pyridine rings is 1. The van der Waals surface area contributed by atoms with Gasteiger partial charge in [-0.2, -0.15) is 9.40 Å². The van der Waals surface area contributed by atoms with Gasteiger partial charge in [-0.15, -0.1) is 0 Å². The van der Waals surface area contributed by atoms with Crippen molar-refractivity contribution in [1.82, 2.24) is 24.0 Å². The summed E-state index contributed by atoms with van der Waals surface area (Å²) in [4.78, 5) is 19.5. The van der Waals surface area contributed by atoms with Gasteiger partial charge in [0.1, 0.15) is 5.69 Å². The SMILES string of the molecule is Cc1cc(C)n(-c2ccc(Cl)c(C(=O)N3CCN(S(=O)(=O)c4ccc(C)c(C)c4)CC3)n2)n1. The van der Waals surface area contributed by atoms with E-state index in [1.165, 1.54) is 4.31 Å². The number of benzene rings is 1. The van der Waals surface area contributed by atoms with Crippen LogP contribution >= 0.6 is 11.6 Å². The average Bonchev–Trinajstić information content (AvgIpc) is 3.13. The van der Waals surface area contributed by atoms with Crippen LogP contribution < -0.4 is 0 Å². The van der Waals surface area contributed by atoms with Gasteiger partial charge in [0.2, 0.25) is 10.0 Å². The molecule has 1 fully saturated rings. The number of aryl methyl sites for hydroxylation is 4. The van der Waals surface area contributed by atoms with Crippen LogP contribution in [0.1, 0.15) is 33.0 Å². The molecule has 0 aliphatic carbocycles. The van der Waals surface area contributed by atoms with Gasteiger partial charge in [-0.1, -0.05) is 17.7 Å². The Labute approximate surface area is 198 Å². The molecule has 3 aromatic rings. The molecule has 4 rings (SSSR count). The van der Waals surface area contributed by atoms with Gasteiger partial charge in [0.25, 0.3) is 5.91 Å². The topological polar surface area (TPSA) is 88.4 Å². The number of rotatable bonds is 4. The van der Waals surface area contributed by atoms with Gasteiger partial charge < -0.3 is 4.90 Å². The van der Waals surface area contributed by atoms with Crippen molar-refractivity contribution in [2.24, 2.45) is 0 Å². The third kappa shape index (κ3) is 4.53. The molecule has 2 aromatic heterocycles. The predicted molar refractivity (Wildman–Crippen MR) is 126 cm³/mol. The largest absolute Gasteiger partial charge is 0.335 e. The summed E-state index contributed by atoms with van der Waals surface area (Å²) in [6, 6.07) is 10.4. The fourth-order valence-electron chi connectivity index (χ4n) is 3.87. The van der Waals surface area contributed by atoms with E-state index in [9.17, 15) is 13.2 Å². The molecule has 1 saturated heterocycles. The van der Waals surface area contributed by atoms with Crippen LogP contribution in [-0.4, -0.2) is 64.5 Å². The quantitative estimate of drug-likeness (QED) is 0.563. The molecule has 0 bridgehead atoms. The summed E-state index contributed by atoms with van der Waals surface area (Å²) in [7, 11) is -3.63. The summed E-state index contributed by atoms with van der Waals surface area (Å²) < 4.78 is 29.2. The van der Waals surface area contributed by atoms with Crippen LogP contribution in [0, 0.1) is 27.7 Å². The molecule has 3 heterocycles. The number of sulfonamides is 1. The molecule has 33 heavy (non-hydrogen) atoms. The monoisotopic (exact) mass is 487 g/mol. The highest BCUT2D eigenvalue weighted by Gasteiger charge is 2.31. The zero-order valence-electron chi connectivity index (χ0n) is 19.0. The Hall–Kier alpha value is -2.75. The van der Waals surface area contributed by atoms with Crippen LogP contribution in [0.4, 0.5) is 0 Å². The molecule has 0 N–H and O–H groups in total. The van der Waals surface area contributed by atoms with E-state index < -0.39 is 10.0 Å². The molecule has 0 atom stereocenters. The van der Waals surface area contributed by atoms with Crippen LogP contribution in [0.3, 0.4) is 0 Å². The summed E-state index contributed by atoms with van der Waals surface area (Å²) in [5.41, 5.74) is 3.83. The zero-order valence-corrected chi connectivity index (χ0v) is 20.6. The predicted octanol–water partition coefficient (Wildman–Crippen LogP) is 3.30. The number of amides is 1. The molecule has 174 valence electrons. The van der Waals surface area contributed by atoms with Gasteiger partial charge >= 0.3 is 0 Å². The molecule has 0 spiro atoms. The van der Waals surface area contributed by atoms with Crippen LogP contribution in [0.15, 0.2) is 41.3 Å². The maximum atomic E-state index is 13.2. The van der Waals surface area contributed by atoms with E-state index in [0.717, 1.165) is 22.5 Å². The first-order chi connectivity index (χ1) is 15.6. The fraction of sp³-hybridized carbons (Fsp3) is 0.348. The van der Waals surface area contributed by atoms with Gasteiger partial charge in [0.15, 0.2) is 5.82 Å². The Bertz CT molecular complexity index is 1330. The molecule has 1 aliphatic rings. The highest BCUT2D eigenvalue weighted by Crippen LogP contribution is 2.23. The average molecular weight is 488 g/mol. The van der Waals surface area contributed by atoms with Crippen LogP contribution in [-0.2, 0) is 10.0 Å². The van der Waals surface area contributed by atoms with Gasteiger partial charge in [-0.25, -0.2) is 18.1 Å². The van der Waals surface area contributed by atoms with Crippen molar-refractivity contribution in [1.29, 1.82) is 0 Å². The third-order valence-corrected chi connectivity index (χ3v) is 8.10. The van der Waals surface area contributed by atoms with Crippen molar-refractivity contribution in [3.8, 4) is 5.82 Å². The minimum atomic E-state index is -3.63. The molecule has 1 amide bonds. The van der Waals surface area contributed by atoms with E-state index in [-0.39, 0.29) is 47.7 Å². The number of nitrogens with zero attached hydrogens (tertiary/aromatic N) is 5. The highest BCUT2D eigenvalue weighted by atomic mass is 35.5. The molecule has 1 aromatic carbocycles. The molecular weight excluding hydrogens is 462 g/mol. The second-order valence-electron chi connectivity index (χ2n) is 8.28. The second kappa shape index (κ2) is 8.89. The lowest BCUT2D eigenvalue weighted by molar-refractivity contribution is 0.0692. The number of halogens is 1. The Morgan fingerprint density at radius 2 is 1.64 bits per heavy atom. The summed E-state index contributed by atoms with van der Waals surface area (Å²) >= 11 is 6.31. The molecule has 0 unspecified atom stereocenters. The Morgan fingerprint density at radius 1 is 0.939 bits per heavy atom. The van der Waals surface area contributed by atoms with Crippen molar-refractivity contribution in [3.05, 3.63) is 69.6 Å². The molecule has 0 saturated carbocycles. The van der Waals surface area contributed by atoms with E-state index in [1.807, 2.05) is 39.8 Å². The van der Waals surface area contributed by atoms with E-state index >= 15 is 0 Å². The van der Waals surface area contributed by atoms with Gasteiger partial charge in [0, 0.05) is 31.9 Å².